The van der Waals surface area contributed by atoms with Gasteiger partial charge in [-0.3, -0.25) is 4.79 Å². The van der Waals surface area contributed by atoms with Crippen LogP contribution in [0.3, 0.4) is 0 Å². The molecule has 2 heteroatoms. The van der Waals surface area contributed by atoms with Crippen molar-refractivity contribution in [2.45, 2.75) is 26.2 Å². The topological polar surface area (TPSA) is 20.3 Å². The third kappa shape index (κ3) is 2.43. The predicted molar refractivity (Wildman–Crippen MR) is 65.4 cm³/mol. The highest BCUT2D eigenvalue weighted by molar-refractivity contribution is 5.94. The predicted octanol–water partition coefficient (Wildman–Crippen LogP) is 2.95. The minimum Gasteiger partial charge on any atom is -0.339 e. The first-order chi connectivity index (χ1) is 7.81. The van der Waals surface area contributed by atoms with Crippen LogP contribution in [-0.2, 0) is 0 Å². The van der Waals surface area contributed by atoms with Crippen molar-refractivity contribution in [1.82, 2.24) is 4.90 Å². The number of likely N-dealkylation sites (tertiary alicyclic amines) is 1. The largest absolute Gasteiger partial charge is 0.339 e. The summed E-state index contributed by atoms with van der Waals surface area (Å²) in [5, 5.41) is 0. The zero-order valence-electron chi connectivity index (χ0n) is 9.86. The zero-order valence-corrected chi connectivity index (χ0v) is 9.86. The number of hydrogen-bond donors (Lipinski definition) is 0. The third-order valence-corrected chi connectivity index (χ3v) is 3.50. The van der Waals surface area contributed by atoms with Crippen LogP contribution in [0.25, 0.3) is 0 Å². The summed E-state index contributed by atoms with van der Waals surface area (Å²) in [5.74, 6) is 1.01. The highest BCUT2D eigenvalue weighted by atomic mass is 16.2. The van der Waals surface area contributed by atoms with E-state index in [1.54, 1.807) is 0 Å². The van der Waals surface area contributed by atoms with Gasteiger partial charge in [0.2, 0.25) is 0 Å². The Labute approximate surface area is 97.3 Å². The number of amides is 1. The molecule has 0 unspecified atom stereocenters. The molecule has 0 spiro atoms. The molecular formula is C14H19NO. The minimum atomic E-state index is 0.190. The van der Waals surface area contributed by atoms with Crippen LogP contribution < -0.4 is 0 Å². The summed E-state index contributed by atoms with van der Waals surface area (Å²) in [5.41, 5.74) is 0.817. The lowest BCUT2D eigenvalue weighted by Gasteiger charge is -2.31. The number of nitrogens with zero attached hydrogens (tertiary/aromatic N) is 1. The van der Waals surface area contributed by atoms with Crippen LogP contribution in [0.15, 0.2) is 30.3 Å². The molecule has 0 aliphatic carbocycles. The summed E-state index contributed by atoms with van der Waals surface area (Å²) in [6.07, 6.45) is 3.57. The fraction of sp³-hybridized carbons (Fsp3) is 0.500. The maximum Gasteiger partial charge on any atom is 0.253 e. The lowest BCUT2D eigenvalue weighted by atomic mass is 9.94. The average molecular weight is 217 g/mol. The summed E-state index contributed by atoms with van der Waals surface area (Å²) in [6, 6.07) is 9.58. The molecule has 0 bridgehead atoms. The third-order valence-electron chi connectivity index (χ3n) is 3.50. The quantitative estimate of drug-likeness (QED) is 0.746. The van der Waals surface area contributed by atoms with Gasteiger partial charge >= 0.3 is 0 Å². The van der Waals surface area contributed by atoms with Crippen molar-refractivity contribution in [2.24, 2.45) is 5.92 Å². The number of piperidine rings is 1. The number of carbonyl (C=O) groups excluding carboxylic acids is 1. The molecule has 2 rings (SSSR count). The van der Waals surface area contributed by atoms with Crippen molar-refractivity contribution in [3.8, 4) is 0 Å². The maximum absolute atomic E-state index is 12.1. The number of carbonyl (C=O) groups is 1. The fourth-order valence-electron chi connectivity index (χ4n) is 2.31. The Hall–Kier alpha value is -1.31. The van der Waals surface area contributed by atoms with Gasteiger partial charge < -0.3 is 4.90 Å². The summed E-state index contributed by atoms with van der Waals surface area (Å²) in [6.45, 7) is 4.08. The molecule has 1 aromatic rings. The summed E-state index contributed by atoms with van der Waals surface area (Å²) < 4.78 is 0. The van der Waals surface area contributed by atoms with E-state index in [-0.39, 0.29) is 5.91 Å². The maximum atomic E-state index is 12.1. The van der Waals surface area contributed by atoms with Crippen LogP contribution in [0.4, 0.5) is 0 Å². The first-order valence-corrected chi connectivity index (χ1v) is 6.15. The first-order valence-electron chi connectivity index (χ1n) is 6.15. The Bertz CT molecular complexity index is 339. The van der Waals surface area contributed by atoms with E-state index in [2.05, 4.69) is 6.92 Å². The lowest BCUT2D eigenvalue weighted by molar-refractivity contribution is 0.0689. The van der Waals surface area contributed by atoms with Crippen LogP contribution in [-0.4, -0.2) is 23.9 Å². The summed E-state index contributed by atoms with van der Waals surface area (Å²) in [7, 11) is 0. The van der Waals surface area contributed by atoms with E-state index in [1.807, 2.05) is 35.2 Å². The molecule has 1 aromatic carbocycles. The Morgan fingerprint density at radius 3 is 2.44 bits per heavy atom. The van der Waals surface area contributed by atoms with Gasteiger partial charge in [-0.15, -0.1) is 0 Å². The van der Waals surface area contributed by atoms with Gasteiger partial charge in [0.1, 0.15) is 0 Å². The van der Waals surface area contributed by atoms with E-state index in [1.165, 1.54) is 6.42 Å². The number of hydrogen-bond acceptors (Lipinski definition) is 1. The van der Waals surface area contributed by atoms with Gasteiger partial charge in [-0.2, -0.15) is 0 Å². The van der Waals surface area contributed by atoms with Crippen molar-refractivity contribution in [2.75, 3.05) is 13.1 Å². The smallest absolute Gasteiger partial charge is 0.253 e. The van der Waals surface area contributed by atoms with Gasteiger partial charge in [-0.25, -0.2) is 0 Å². The van der Waals surface area contributed by atoms with Gasteiger partial charge in [0.05, 0.1) is 0 Å². The van der Waals surface area contributed by atoms with Gasteiger partial charge in [-0.1, -0.05) is 31.5 Å². The van der Waals surface area contributed by atoms with Crippen LogP contribution in [0, 0.1) is 5.92 Å². The first kappa shape index (κ1) is 11.2. The van der Waals surface area contributed by atoms with Crippen LogP contribution >= 0.6 is 0 Å². The van der Waals surface area contributed by atoms with E-state index in [4.69, 9.17) is 0 Å². The second kappa shape index (κ2) is 5.15. The molecule has 0 saturated carbocycles. The SMILES string of the molecule is CCC1CCN(C(=O)c2ccccc2)CC1. The second-order valence-electron chi connectivity index (χ2n) is 4.51. The van der Waals surface area contributed by atoms with Gasteiger partial charge in [0, 0.05) is 18.7 Å². The number of rotatable bonds is 2. The van der Waals surface area contributed by atoms with Crippen molar-refractivity contribution in [1.29, 1.82) is 0 Å². The molecule has 1 aliphatic heterocycles. The molecule has 0 radical (unpaired) electrons. The van der Waals surface area contributed by atoms with Crippen molar-refractivity contribution in [3.63, 3.8) is 0 Å². The second-order valence-corrected chi connectivity index (χ2v) is 4.51. The molecule has 1 aliphatic rings. The van der Waals surface area contributed by atoms with Gasteiger partial charge in [0.15, 0.2) is 0 Å². The molecular weight excluding hydrogens is 198 g/mol. The minimum absolute atomic E-state index is 0.190. The Morgan fingerprint density at radius 2 is 1.88 bits per heavy atom. The van der Waals surface area contributed by atoms with Crippen molar-refractivity contribution in [3.05, 3.63) is 35.9 Å². The Balaban J connectivity index is 1.97. The monoisotopic (exact) mass is 217 g/mol. The highest BCUT2D eigenvalue weighted by Gasteiger charge is 2.22. The average Bonchev–Trinajstić information content (AvgIpc) is 2.39. The molecule has 16 heavy (non-hydrogen) atoms. The normalized spacial score (nSPS) is 17.4. The zero-order chi connectivity index (χ0) is 11.4. The van der Waals surface area contributed by atoms with Gasteiger partial charge in [-0.05, 0) is 30.9 Å². The van der Waals surface area contributed by atoms with E-state index in [9.17, 15) is 4.79 Å². The molecule has 0 atom stereocenters. The summed E-state index contributed by atoms with van der Waals surface area (Å²) in [4.78, 5) is 14.1. The Morgan fingerprint density at radius 1 is 1.25 bits per heavy atom. The van der Waals surface area contributed by atoms with Crippen LogP contribution in [0.2, 0.25) is 0 Å². The molecule has 86 valence electrons. The van der Waals surface area contributed by atoms with E-state index >= 15 is 0 Å². The van der Waals surface area contributed by atoms with E-state index in [0.29, 0.717) is 0 Å². The molecule has 1 heterocycles. The van der Waals surface area contributed by atoms with Crippen LogP contribution in [0.1, 0.15) is 36.5 Å². The summed E-state index contributed by atoms with van der Waals surface area (Å²) >= 11 is 0. The fourth-order valence-corrected chi connectivity index (χ4v) is 2.31. The highest BCUT2D eigenvalue weighted by Crippen LogP contribution is 2.21. The molecule has 1 fully saturated rings. The van der Waals surface area contributed by atoms with Crippen molar-refractivity contribution >= 4 is 5.91 Å². The molecule has 1 saturated heterocycles. The molecule has 1 amide bonds. The van der Waals surface area contributed by atoms with Crippen LogP contribution in [0.5, 0.6) is 0 Å². The lowest BCUT2D eigenvalue weighted by Crippen LogP contribution is -2.38. The van der Waals surface area contributed by atoms with Crippen molar-refractivity contribution < 1.29 is 4.79 Å². The standard InChI is InChI=1S/C14H19NO/c1-2-12-8-10-15(11-9-12)14(16)13-6-4-3-5-7-13/h3-7,12H,2,8-11H2,1H3. The molecule has 0 N–H and O–H groups in total. The Kier molecular flexibility index (Phi) is 3.60. The van der Waals surface area contributed by atoms with E-state index < -0.39 is 0 Å². The van der Waals surface area contributed by atoms with E-state index in [0.717, 1.165) is 37.4 Å². The molecule has 0 aromatic heterocycles. The number of benzene rings is 1. The van der Waals surface area contributed by atoms with Gasteiger partial charge in [0.25, 0.3) is 5.91 Å². The molecule has 2 nitrogen and oxygen atoms in total.